The number of aromatic amines is 1. The van der Waals surface area contributed by atoms with Crippen LogP contribution in [0.5, 0.6) is 0 Å². The van der Waals surface area contributed by atoms with Gasteiger partial charge in [-0.3, -0.25) is 9.59 Å². The highest BCUT2D eigenvalue weighted by molar-refractivity contribution is 6.31. The first-order valence-electron chi connectivity index (χ1n) is 8.89. The topological polar surface area (TPSA) is 62.4 Å². The molecule has 2 aromatic carbocycles. The number of amides is 1. The third kappa shape index (κ3) is 3.61. The first-order valence-corrected chi connectivity index (χ1v) is 9.26. The van der Waals surface area contributed by atoms with Gasteiger partial charge in [-0.2, -0.15) is 0 Å². The second-order valence-corrected chi connectivity index (χ2v) is 6.97. The Hall–Kier alpha value is -2.63. The number of halogens is 1. The van der Waals surface area contributed by atoms with Crippen LogP contribution in [0.25, 0.3) is 10.9 Å². The normalized spacial score (nSPS) is 14.5. The highest BCUT2D eigenvalue weighted by Gasteiger charge is 2.24. The molecule has 27 heavy (non-hydrogen) atoms. The first-order chi connectivity index (χ1) is 13.1. The van der Waals surface area contributed by atoms with Gasteiger partial charge in [0.2, 0.25) is 11.7 Å². The Morgan fingerprint density at radius 1 is 1.07 bits per heavy atom. The summed E-state index contributed by atoms with van der Waals surface area (Å²) < 4.78 is 5.32. The predicted octanol–water partition coefficient (Wildman–Crippen LogP) is 3.45. The average molecular weight is 383 g/mol. The molecule has 1 N–H and O–H groups in total. The molecule has 6 heteroatoms. The maximum absolute atomic E-state index is 13.1. The average Bonchev–Trinajstić information content (AvgIpc) is 3.06. The van der Waals surface area contributed by atoms with Crippen molar-refractivity contribution in [2.75, 3.05) is 26.3 Å². The molecule has 138 valence electrons. The summed E-state index contributed by atoms with van der Waals surface area (Å²) in [5.74, 6) is -0.135. The molecule has 0 bridgehead atoms. The fraction of sp³-hybridized carbons (Fsp3) is 0.238. The van der Waals surface area contributed by atoms with Crippen molar-refractivity contribution in [2.24, 2.45) is 0 Å². The molecule has 4 rings (SSSR count). The monoisotopic (exact) mass is 382 g/mol. The molecule has 1 fully saturated rings. The van der Waals surface area contributed by atoms with Crippen molar-refractivity contribution in [1.29, 1.82) is 0 Å². The lowest BCUT2D eigenvalue weighted by atomic mass is 10.0. The number of ether oxygens (including phenoxy) is 1. The number of carbonyl (C=O) groups is 2. The molecule has 0 unspecified atom stereocenters. The number of nitrogens with zero attached hydrogens (tertiary/aromatic N) is 1. The minimum atomic E-state index is -0.132. The summed E-state index contributed by atoms with van der Waals surface area (Å²) in [6.45, 7) is 2.25. The molecule has 0 aliphatic carbocycles. The lowest BCUT2D eigenvalue weighted by Gasteiger charge is -2.27. The number of ketones is 1. The van der Waals surface area contributed by atoms with Crippen LogP contribution < -0.4 is 0 Å². The predicted molar refractivity (Wildman–Crippen MR) is 104 cm³/mol. The van der Waals surface area contributed by atoms with Crippen molar-refractivity contribution >= 4 is 34.2 Å². The van der Waals surface area contributed by atoms with E-state index < -0.39 is 0 Å². The summed E-state index contributed by atoms with van der Waals surface area (Å²) in [7, 11) is 0. The summed E-state index contributed by atoms with van der Waals surface area (Å²) in [4.78, 5) is 30.8. The summed E-state index contributed by atoms with van der Waals surface area (Å²) in [6.07, 6.45) is 0.162. The van der Waals surface area contributed by atoms with Gasteiger partial charge >= 0.3 is 0 Å². The summed E-state index contributed by atoms with van der Waals surface area (Å²) in [5.41, 5.74) is 2.49. The number of H-pyrrole nitrogens is 1. The third-order valence-corrected chi connectivity index (χ3v) is 5.06. The molecule has 0 atom stereocenters. The zero-order valence-corrected chi connectivity index (χ0v) is 15.5. The molecule has 0 saturated carbocycles. The van der Waals surface area contributed by atoms with Crippen LogP contribution in [0.3, 0.4) is 0 Å². The Bertz CT molecular complexity index is 991. The molecule has 1 aliphatic heterocycles. The number of morpholine rings is 1. The van der Waals surface area contributed by atoms with Gasteiger partial charge in [0.25, 0.3) is 0 Å². The van der Waals surface area contributed by atoms with Gasteiger partial charge < -0.3 is 14.6 Å². The van der Waals surface area contributed by atoms with E-state index in [2.05, 4.69) is 4.98 Å². The highest BCUT2D eigenvalue weighted by Crippen LogP contribution is 2.28. The number of nitrogens with one attached hydrogen (secondary N) is 1. The van der Waals surface area contributed by atoms with Crippen LogP contribution in [0.15, 0.2) is 48.5 Å². The van der Waals surface area contributed by atoms with Gasteiger partial charge in [-0.15, -0.1) is 0 Å². The van der Waals surface area contributed by atoms with Crippen molar-refractivity contribution < 1.29 is 14.3 Å². The second kappa shape index (κ2) is 7.55. The van der Waals surface area contributed by atoms with Crippen molar-refractivity contribution in [1.82, 2.24) is 9.88 Å². The van der Waals surface area contributed by atoms with E-state index in [9.17, 15) is 9.59 Å². The molecular weight excluding hydrogens is 364 g/mol. The minimum Gasteiger partial charge on any atom is -0.378 e. The van der Waals surface area contributed by atoms with Crippen molar-refractivity contribution in [3.8, 4) is 0 Å². The fourth-order valence-corrected chi connectivity index (χ4v) is 3.59. The van der Waals surface area contributed by atoms with Crippen molar-refractivity contribution in [3.63, 3.8) is 0 Å². The van der Waals surface area contributed by atoms with Crippen LogP contribution in [-0.4, -0.2) is 47.9 Å². The Labute approximate surface area is 161 Å². The smallest absolute Gasteiger partial charge is 0.227 e. The first kappa shape index (κ1) is 17.8. The highest BCUT2D eigenvalue weighted by atomic mass is 35.5. The van der Waals surface area contributed by atoms with Gasteiger partial charge in [0.1, 0.15) is 0 Å². The quantitative estimate of drug-likeness (QED) is 0.703. The lowest BCUT2D eigenvalue weighted by Crippen LogP contribution is -2.41. The lowest BCUT2D eigenvalue weighted by molar-refractivity contribution is -0.134. The number of fused-ring (bicyclic) bond motifs is 1. The Kier molecular flexibility index (Phi) is 4.97. The van der Waals surface area contributed by atoms with Gasteiger partial charge in [-0.05, 0) is 17.7 Å². The number of aromatic nitrogens is 1. The molecule has 5 nitrogen and oxygen atoms in total. The van der Waals surface area contributed by atoms with E-state index in [-0.39, 0.29) is 18.1 Å². The number of rotatable bonds is 4. The zero-order chi connectivity index (χ0) is 18.8. The Morgan fingerprint density at radius 3 is 2.56 bits per heavy atom. The van der Waals surface area contributed by atoms with E-state index in [4.69, 9.17) is 16.3 Å². The van der Waals surface area contributed by atoms with Crippen LogP contribution in [0, 0.1) is 0 Å². The number of carbonyl (C=O) groups excluding carboxylic acids is 2. The molecule has 1 amide bonds. The number of hydrogen-bond donors (Lipinski definition) is 1. The minimum absolute atomic E-state index is 0.00346. The fourth-order valence-electron chi connectivity index (χ4n) is 3.41. The molecule has 0 spiro atoms. The van der Waals surface area contributed by atoms with Crippen molar-refractivity contribution in [2.45, 2.75) is 6.42 Å². The molecule has 1 aromatic heterocycles. The van der Waals surface area contributed by atoms with Crippen LogP contribution in [-0.2, 0) is 16.0 Å². The third-order valence-electron chi connectivity index (χ3n) is 4.82. The summed E-state index contributed by atoms with van der Waals surface area (Å²) in [5, 5.41) is 1.42. The van der Waals surface area contributed by atoms with Crippen LogP contribution >= 0.6 is 11.6 Å². The largest absolute Gasteiger partial charge is 0.378 e. The second-order valence-electron chi connectivity index (χ2n) is 6.53. The van der Waals surface area contributed by atoms with E-state index in [0.717, 1.165) is 10.9 Å². The molecule has 3 aromatic rings. The van der Waals surface area contributed by atoms with E-state index in [0.29, 0.717) is 48.1 Å². The SMILES string of the molecule is O=C(c1ccccc1)c1[nH]c2cc(Cl)ccc2c1CC(=O)N1CCOCC1. The molecule has 1 saturated heterocycles. The van der Waals surface area contributed by atoms with E-state index >= 15 is 0 Å². The molecule has 2 heterocycles. The Morgan fingerprint density at radius 2 is 1.81 bits per heavy atom. The maximum Gasteiger partial charge on any atom is 0.227 e. The maximum atomic E-state index is 13.1. The molecule has 0 radical (unpaired) electrons. The number of hydrogen-bond acceptors (Lipinski definition) is 3. The van der Waals surface area contributed by atoms with Crippen LogP contribution in [0.1, 0.15) is 21.6 Å². The van der Waals surface area contributed by atoms with E-state index in [1.54, 1.807) is 29.2 Å². The van der Waals surface area contributed by atoms with Gasteiger partial charge in [0, 0.05) is 34.6 Å². The van der Waals surface area contributed by atoms with Gasteiger partial charge in [0.05, 0.1) is 25.3 Å². The summed E-state index contributed by atoms with van der Waals surface area (Å²) in [6, 6.07) is 14.5. The van der Waals surface area contributed by atoms with Gasteiger partial charge in [-0.25, -0.2) is 0 Å². The van der Waals surface area contributed by atoms with Gasteiger partial charge in [-0.1, -0.05) is 48.0 Å². The Balaban J connectivity index is 1.75. The summed E-state index contributed by atoms with van der Waals surface area (Å²) >= 11 is 6.11. The van der Waals surface area contributed by atoms with E-state index in [1.165, 1.54) is 0 Å². The van der Waals surface area contributed by atoms with Gasteiger partial charge in [0.15, 0.2) is 0 Å². The van der Waals surface area contributed by atoms with E-state index in [1.807, 2.05) is 24.3 Å². The standard InChI is InChI=1S/C21H19ClN2O3/c22-15-6-7-16-17(13-19(25)24-8-10-27-11-9-24)20(23-18(16)12-15)21(26)14-4-2-1-3-5-14/h1-7,12,23H,8-11,13H2. The van der Waals surface area contributed by atoms with Crippen LogP contribution in [0.4, 0.5) is 0 Å². The van der Waals surface area contributed by atoms with Crippen molar-refractivity contribution in [3.05, 3.63) is 70.4 Å². The molecular formula is C21H19ClN2O3. The zero-order valence-electron chi connectivity index (χ0n) is 14.7. The molecule has 1 aliphatic rings. The number of benzene rings is 2. The van der Waals surface area contributed by atoms with Crippen LogP contribution in [0.2, 0.25) is 5.02 Å².